The summed E-state index contributed by atoms with van der Waals surface area (Å²) >= 11 is 2.13. The van der Waals surface area contributed by atoms with Crippen LogP contribution >= 0.6 is 11.8 Å². The summed E-state index contributed by atoms with van der Waals surface area (Å²) < 4.78 is 5.59. The van der Waals surface area contributed by atoms with Crippen LogP contribution in [0.2, 0.25) is 0 Å². The van der Waals surface area contributed by atoms with Crippen LogP contribution in [0.5, 0.6) is 5.75 Å². The van der Waals surface area contributed by atoms with Crippen LogP contribution in [-0.2, 0) is 6.42 Å². The lowest BCUT2D eigenvalue weighted by Crippen LogP contribution is -2.29. The molecule has 0 aromatic heterocycles. The van der Waals surface area contributed by atoms with Crippen LogP contribution in [0.15, 0.2) is 18.2 Å². The summed E-state index contributed by atoms with van der Waals surface area (Å²) in [5, 5.41) is 4.24. The molecule has 1 saturated heterocycles. The maximum atomic E-state index is 5.59. The fourth-order valence-electron chi connectivity index (χ4n) is 3.00. The van der Waals surface area contributed by atoms with Crippen LogP contribution in [0.1, 0.15) is 36.4 Å². The van der Waals surface area contributed by atoms with Gasteiger partial charge in [0.15, 0.2) is 0 Å². The summed E-state index contributed by atoms with van der Waals surface area (Å²) in [6.07, 6.45) is 5.17. The van der Waals surface area contributed by atoms with Crippen molar-refractivity contribution in [3.63, 3.8) is 0 Å². The molecule has 0 spiro atoms. The van der Waals surface area contributed by atoms with Gasteiger partial charge < -0.3 is 10.1 Å². The van der Waals surface area contributed by atoms with Crippen molar-refractivity contribution in [3.05, 3.63) is 29.3 Å². The van der Waals surface area contributed by atoms with Crippen molar-refractivity contribution in [1.29, 1.82) is 0 Å². The number of nitrogens with one attached hydrogen (secondary N) is 1. The minimum Gasteiger partial charge on any atom is -0.493 e. The van der Waals surface area contributed by atoms with Crippen molar-refractivity contribution >= 4 is 11.8 Å². The van der Waals surface area contributed by atoms with E-state index in [1.54, 1.807) is 0 Å². The Morgan fingerprint density at radius 2 is 2.33 bits per heavy atom. The number of fused-ring (bicyclic) bond motifs is 1. The Hall–Kier alpha value is -0.670. The number of ether oxygens (including phenoxy) is 1. The Balaban J connectivity index is 1.82. The first-order valence-electron chi connectivity index (χ1n) is 6.93. The minimum atomic E-state index is 0.487. The van der Waals surface area contributed by atoms with Crippen LogP contribution in [0.25, 0.3) is 0 Å². The molecule has 2 heterocycles. The van der Waals surface area contributed by atoms with Gasteiger partial charge >= 0.3 is 0 Å². The fraction of sp³-hybridized carbons (Fsp3) is 0.600. The van der Waals surface area contributed by atoms with Crippen LogP contribution in [0.3, 0.4) is 0 Å². The molecule has 2 aliphatic heterocycles. The normalized spacial score (nSPS) is 24.4. The zero-order valence-corrected chi connectivity index (χ0v) is 11.8. The maximum absolute atomic E-state index is 5.59. The van der Waals surface area contributed by atoms with E-state index in [2.05, 4.69) is 42.3 Å². The highest BCUT2D eigenvalue weighted by Crippen LogP contribution is 2.36. The second-order valence-corrected chi connectivity index (χ2v) is 6.48. The topological polar surface area (TPSA) is 21.3 Å². The van der Waals surface area contributed by atoms with Gasteiger partial charge in [0.25, 0.3) is 0 Å². The SMILES string of the molecule is CNC(c1ccc2c(c1)CCO2)C1CCCCS1. The van der Waals surface area contributed by atoms with Gasteiger partial charge in [0.05, 0.1) is 6.61 Å². The Kier molecular flexibility index (Phi) is 3.80. The number of thioether (sulfide) groups is 1. The van der Waals surface area contributed by atoms with Crippen LogP contribution < -0.4 is 10.1 Å². The van der Waals surface area contributed by atoms with Crippen molar-refractivity contribution in [3.8, 4) is 5.75 Å². The van der Waals surface area contributed by atoms with Gasteiger partial charge in [-0.25, -0.2) is 0 Å². The van der Waals surface area contributed by atoms with Crippen LogP contribution in [0.4, 0.5) is 0 Å². The van der Waals surface area contributed by atoms with Gasteiger partial charge in [-0.3, -0.25) is 0 Å². The first-order valence-corrected chi connectivity index (χ1v) is 7.98. The summed E-state index contributed by atoms with van der Waals surface area (Å²) in [7, 11) is 2.09. The monoisotopic (exact) mass is 263 g/mol. The molecule has 18 heavy (non-hydrogen) atoms. The summed E-state index contributed by atoms with van der Waals surface area (Å²) in [4.78, 5) is 0. The molecule has 0 radical (unpaired) electrons. The van der Waals surface area contributed by atoms with E-state index in [4.69, 9.17) is 4.74 Å². The van der Waals surface area contributed by atoms with Gasteiger partial charge in [-0.05, 0) is 42.8 Å². The van der Waals surface area contributed by atoms with Gasteiger partial charge in [-0.15, -0.1) is 0 Å². The lowest BCUT2D eigenvalue weighted by Gasteiger charge is -2.30. The highest BCUT2D eigenvalue weighted by molar-refractivity contribution is 8.00. The van der Waals surface area contributed by atoms with Gasteiger partial charge in [0.1, 0.15) is 5.75 Å². The molecule has 2 atom stereocenters. The van der Waals surface area contributed by atoms with E-state index in [0.717, 1.165) is 24.0 Å². The van der Waals surface area contributed by atoms with Crippen molar-refractivity contribution in [2.75, 3.05) is 19.4 Å². The third-order valence-electron chi connectivity index (χ3n) is 3.97. The highest BCUT2D eigenvalue weighted by Gasteiger charge is 2.25. The Morgan fingerprint density at radius 3 is 3.11 bits per heavy atom. The Morgan fingerprint density at radius 1 is 1.39 bits per heavy atom. The molecule has 0 bridgehead atoms. The lowest BCUT2D eigenvalue weighted by molar-refractivity contribution is 0.356. The number of benzene rings is 1. The van der Waals surface area contributed by atoms with E-state index in [0.29, 0.717) is 6.04 Å². The lowest BCUT2D eigenvalue weighted by atomic mass is 9.97. The molecule has 1 fully saturated rings. The van der Waals surface area contributed by atoms with E-state index in [9.17, 15) is 0 Å². The summed E-state index contributed by atoms with van der Waals surface area (Å²) in [5.41, 5.74) is 2.81. The van der Waals surface area contributed by atoms with E-state index in [1.165, 1.54) is 36.1 Å². The molecule has 2 unspecified atom stereocenters. The zero-order chi connectivity index (χ0) is 12.4. The molecular weight excluding hydrogens is 242 g/mol. The molecule has 0 saturated carbocycles. The van der Waals surface area contributed by atoms with E-state index >= 15 is 0 Å². The molecular formula is C15H21NOS. The Bertz CT molecular complexity index is 415. The van der Waals surface area contributed by atoms with Gasteiger partial charge in [-0.1, -0.05) is 18.6 Å². The molecule has 1 N–H and O–H groups in total. The second kappa shape index (κ2) is 5.54. The predicted molar refractivity (Wildman–Crippen MR) is 77.5 cm³/mol. The molecule has 2 aliphatic rings. The third kappa shape index (κ3) is 2.39. The first kappa shape index (κ1) is 12.4. The number of hydrogen-bond acceptors (Lipinski definition) is 3. The van der Waals surface area contributed by atoms with Gasteiger partial charge in [-0.2, -0.15) is 11.8 Å². The minimum absolute atomic E-state index is 0.487. The Labute approximate surface area is 113 Å². The zero-order valence-electron chi connectivity index (χ0n) is 10.9. The molecule has 1 aromatic carbocycles. The predicted octanol–water partition coefficient (Wildman–Crippen LogP) is 3.17. The molecule has 3 rings (SSSR count). The van der Waals surface area contributed by atoms with Crippen molar-refractivity contribution in [1.82, 2.24) is 5.32 Å². The summed E-state index contributed by atoms with van der Waals surface area (Å²) in [5.74, 6) is 2.40. The third-order valence-corrected chi connectivity index (χ3v) is 5.43. The molecule has 3 heteroatoms. The van der Waals surface area contributed by atoms with E-state index < -0.39 is 0 Å². The number of rotatable bonds is 3. The van der Waals surface area contributed by atoms with E-state index in [-0.39, 0.29) is 0 Å². The smallest absolute Gasteiger partial charge is 0.122 e. The van der Waals surface area contributed by atoms with Crippen LogP contribution in [0, 0.1) is 0 Å². The quantitative estimate of drug-likeness (QED) is 0.905. The average molecular weight is 263 g/mol. The molecule has 0 aliphatic carbocycles. The molecule has 2 nitrogen and oxygen atoms in total. The van der Waals surface area contributed by atoms with Crippen molar-refractivity contribution in [2.45, 2.75) is 37.0 Å². The van der Waals surface area contributed by atoms with Gasteiger partial charge in [0.2, 0.25) is 0 Å². The van der Waals surface area contributed by atoms with Crippen molar-refractivity contribution < 1.29 is 4.74 Å². The maximum Gasteiger partial charge on any atom is 0.122 e. The average Bonchev–Trinajstić information content (AvgIpc) is 2.88. The largest absolute Gasteiger partial charge is 0.493 e. The van der Waals surface area contributed by atoms with E-state index in [1.807, 2.05) is 0 Å². The summed E-state index contributed by atoms with van der Waals surface area (Å²) in [6, 6.07) is 7.22. The standard InChI is InChI=1S/C15H21NOS/c1-16-15(14-4-2-3-9-18-14)12-5-6-13-11(10-12)7-8-17-13/h5-6,10,14-16H,2-4,7-9H2,1H3. The van der Waals surface area contributed by atoms with Crippen molar-refractivity contribution in [2.24, 2.45) is 0 Å². The number of hydrogen-bond donors (Lipinski definition) is 1. The molecule has 0 amide bonds. The molecule has 98 valence electrons. The molecule has 1 aromatic rings. The fourth-order valence-corrected chi connectivity index (χ4v) is 4.49. The second-order valence-electron chi connectivity index (χ2n) is 5.14. The van der Waals surface area contributed by atoms with Crippen LogP contribution in [-0.4, -0.2) is 24.7 Å². The highest BCUT2D eigenvalue weighted by atomic mass is 32.2. The van der Waals surface area contributed by atoms with Gasteiger partial charge in [0, 0.05) is 17.7 Å². The summed E-state index contributed by atoms with van der Waals surface area (Å²) in [6.45, 7) is 0.848. The first-order chi connectivity index (χ1) is 8.88.